The van der Waals surface area contributed by atoms with Crippen LogP contribution in [-0.4, -0.2) is 57.4 Å². The Morgan fingerprint density at radius 1 is 0.913 bits per heavy atom. The standard InChI is InChI=1S/C16H26O7/c17-11-20-10-15(22-13-4-2-1-3-5-13)16(21-12-18)23-14-6-8-19-9-7-14/h11-16H,1-10H2. The van der Waals surface area contributed by atoms with E-state index in [1.807, 2.05) is 0 Å². The van der Waals surface area contributed by atoms with E-state index in [2.05, 4.69) is 0 Å². The molecule has 2 unspecified atom stereocenters. The number of rotatable bonds is 10. The highest BCUT2D eigenvalue weighted by molar-refractivity contribution is 5.38. The van der Waals surface area contributed by atoms with E-state index in [1.54, 1.807) is 0 Å². The van der Waals surface area contributed by atoms with E-state index in [0.717, 1.165) is 38.5 Å². The van der Waals surface area contributed by atoms with Crippen LogP contribution in [0.3, 0.4) is 0 Å². The predicted molar refractivity (Wildman–Crippen MR) is 79.6 cm³/mol. The average molecular weight is 330 g/mol. The minimum absolute atomic E-state index is 0.00171. The third kappa shape index (κ3) is 6.45. The van der Waals surface area contributed by atoms with E-state index >= 15 is 0 Å². The van der Waals surface area contributed by atoms with Gasteiger partial charge in [-0.3, -0.25) is 9.59 Å². The van der Waals surface area contributed by atoms with Gasteiger partial charge in [0.1, 0.15) is 6.61 Å². The van der Waals surface area contributed by atoms with Crippen LogP contribution >= 0.6 is 0 Å². The van der Waals surface area contributed by atoms with E-state index in [-0.39, 0.29) is 18.8 Å². The first-order chi connectivity index (χ1) is 11.3. The van der Waals surface area contributed by atoms with Crippen LogP contribution in [0.4, 0.5) is 0 Å². The van der Waals surface area contributed by atoms with Gasteiger partial charge in [0.25, 0.3) is 12.9 Å². The van der Waals surface area contributed by atoms with Crippen molar-refractivity contribution in [2.45, 2.75) is 69.5 Å². The normalized spacial score (nSPS) is 23.0. The largest absolute Gasteiger partial charge is 0.465 e. The zero-order valence-corrected chi connectivity index (χ0v) is 13.4. The summed E-state index contributed by atoms with van der Waals surface area (Å²) in [6, 6.07) is 0. The number of hydrogen-bond donors (Lipinski definition) is 0. The molecule has 0 aromatic heterocycles. The van der Waals surface area contributed by atoms with Gasteiger partial charge >= 0.3 is 0 Å². The van der Waals surface area contributed by atoms with E-state index < -0.39 is 12.4 Å². The summed E-state index contributed by atoms with van der Waals surface area (Å²) in [7, 11) is 0. The van der Waals surface area contributed by atoms with Crippen LogP contribution in [0.5, 0.6) is 0 Å². The van der Waals surface area contributed by atoms with Crippen LogP contribution in [-0.2, 0) is 33.3 Å². The molecule has 7 nitrogen and oxygen atoms in total. The summed E-state index contributed by atoms with van der Waals surface area (Å²) < 4.78 is 27.1. The molecular formula is C16H26O7. The predicted octanol–water partition coefficient (Wildman–Crippen LogP) is 1.57. The van der Waals surface area contributed by atoms with Crippen LogP contribution in [0.25, 0.3) is 0 Å². The molecule has 132 valence electrons. The minimum Gasteiger partial charge on any atom is -0.465 e. The van der Waals surface area contributed by atoms with Gasteiger partial charge in [-0.05, 0) is 25.7 Å². The Morgan fingerprint density at radius 3 is 2.26 bits per heavy atom. The Hall–Kier alpha value is -1.18. The van der Waals surface area contributed by atoms with Crippen LogP contribution in [0, 0.1) is 0 Å². The molecule has 1 heterocycles. The number of carbonyl (C=O) groups is 2. The molecule has 0 N–H and O–H groups in total. The molecule has 0 spiro atoms. The molecule has 2 atom stereocenters. The summed E-state index contributed by atoms with van der Waals surface area (Å²) in [5.41, 5.74) is 0. The molecule has 2 aliphatic rings. The number of hydrogen-bond acceptors (Lipinski definition) is 7. The lowest BCUT2D eigenvalue weighted by Gasteiger charge is -2.33. The molecule has 0 aromatic carbocycles. The zero-order chi connectivity index (χ0) is 16.3. The third-order valence-electron chi connectivity index (χ3n) is 4.24. The fraction of sp³-hybridized carbons (Fsp3) is 0.875. The average Bonchev–Trinajstić information content (AvgIpc) is 2.60. The number of carbonyl (C=O) groups excluding carboxylic acids is 2. The lowest BCUT2D eigenvalue weighted by atomic mass is 9.97. The maximum Gasteiger partial charge on any atom is 0.295 e. The van der Waals surface area contributed by atoms with Crippen molar-refractivity contribution in [1.82, 2.24) is 0 Å². The summed E-state index contributed by atoms with van der Waals surface area (Å²) in [5, 5.41) is 0. The van der Waals surface area contributed by atoms with Gasteiger partial charge < -0.3 is 23.7 Å². The highest BCUT2D eigenvalue weighted by Crippen LogP contribution is 2.24. The SMILES string of the molecule is O=COCC(OC1CCCCC1)C(OC=O)OC1CCOCC1. The molecule has 7 heteroatoms. The fourth-order valence-corrected chi connectivity index (χ4v) is 3.03. The van der Waals surface area contributed by atoms with Crippen molar-refractivity contribution in [3.63, 3.8) is 0 Å². The quantitative estimate of drug-likeness (QED) is 0.444. The Kier molecular flexibility index (Phi) is 8.35. The summed E-state index contributed by atoms with van der Waals surface area (Å²) in [4.78, 5) is 21.4. The van der Waals surface area contributed by atoms with Gasteiger partial charge in [0.2, 0.25) is 6.29 Å². The summed E-state index contributed by atoms with van der Waals surface area (Å²) in [6.07, 6.45) is 5.38. The first-order valence-electron chi connectivity index (χ1n) is 8.36. The first kappa shape index (κ1) is 18.2. The van der Waals surface area contributed by atoms with Crippen molar-refractivity contribution >= 4 is 12.9 Å². The summed E-state index contributed by atoms with van der Waals surface area (Å²) >= 11 is 0. The van der Waals surface area contributed by atoms with E-state index in [4.69, 9.17) is 23.7 Å². The van der Waals surface area contributed by atoms with E-state index in [9.17, 15) is 9.59 Å². The molecule has 23 heavy (non-hydrogen) atoms. The Balaban J connectivity index is 1.94. The maximum absolute atomic E-state index is 10.8. The molecule has 1 aliphatic heterocycles. The van der Waals surface area contributed by atoms with Crippen LogP contribution in [0.2, 0.25) is 0 Å². The molecule has 2 fully saturated rings. The van der Waals surface area contributed by atoms with Gasteiger partial charge in [-0.15, -0.1) is 0 Å². The number of ether oxygens (including phenoxy) is 5. The van der Waals surface area contributed by atoms with E-state index in [0.29, 0.717) is 26.2 Å². The van der Waals surface area contributed by atoms with Gasteiger partial charge in [-0.25, -0.2) is 0 Å². The van der Waals surface area contributed by atoms with Crippen molar-refractivity contribution in [1.29, 1.82) is 0 Å². The second kappa shape index (κ2) is 10.6. The Bertz CT molecular complexity index is 337. The molecule has 1 saturated heterocycles. The Labute approximate surface area is 136 Å². The highest BCUT2D eigenvalue weighted by Gasteiger charge is 2.32. The van der Waals surface area contributed by atoms with Gasteiger partial charge in [0.05, 0.1) is 12.2 Å². The van der Waals surface area contributed by atoms with Crippen molar-refractivity contribution < 1.29 is 33.3 Å². The summed E-state index contributed by atoms with van der Waals surface area (Å²) in [5.74, 6) is 0. The maximum atomic E-state index is 10.8. The van der Waals surface area contributed by atoms with Crippen LogP contribution in [0.15, 0.2) is 0 Å². The van der Waals surface area contributed by atoms with Gasteiger partial charge in [-0.1, -0.05) is 19.3 Å². The van der Waals surface area contributed by atoms with Crippen molar-refractivity contribution in [3.8, 4) is 0 Å². The zero-order valence-electron chi connectivity index (χ0n) is 13.4. The van der Waals surface area contributed by atoms with Crippen LogP contribution in [0.1, 0.15) is 44.9 Å². The van der Waals surface area contributed by atoms with Crippen molar-refractivity contribution in [2.24, 2.45) is 0 Å². The Morgan fingerprint density at radius 2 is 1.61 bits per heavy atom. The molecule has 0 aromatic rings. The van der Waals surface area contributed by atoms with Crippen molar-refractivity contribution in [2.75, 3.05) is 19.8 Å². The van der Waals surface area contributed by atoms with Gasteiger partial charge in [0.15, 0.2) is 6.10 Å². The highest BCUT2D eigenvalue weighted by atomic mass is 16.7. The topological polar surface area (TPSA) is 80.3 Å². The second-order valence-electron chi connectivity index (χ2n) is 5.91. The van der Waals surface area contributed by atoms with Gasteiger partial charge in [0, 0.05) is 13.2 Å². The molecule has 1 saturated carbocycles. The molecule has 0 amide bonds. The molecule has 2 rings (SSSR count). The first-order valence-corrected chi connectivity index (χ1v) is 8.36. The molecule has 0 bridgehead atoms. The van der Waals surface area contributed by atoms with Crippen LogP contribution < -0.4 is 0 Å². The monoisotopic (exact) mass is 330 g/mol. The minimum atomic E-state index is -0.877. The second-order valence-corrected chi connectivity index (χ2v) is 5.91. The lowest BCUT2D eigenvalue weighted by molar-refractivity contribution is -0.240. The molecule has 0 radical (unpaired) electrons. The fourth-order valence-electron chi connectivity index (χ4n) is 3.03. The lowest BCUT2D eigenvalue weighted by Crippen LogP contribution is -2.43. The third-order valence-corrected chi connectivity index (χ3v) is 4.24. The smallest absolute Gasteiger partial charge is 0.295 e. The van der Waals surface area contributed by atoms with E-state index in [1.165, 1.54) is 6.42 Å². The van der Waals surface area contributed by atoms with Gasteiger partial charge in [-0.2, -0.15) is 0 Å². The molecule has 1 aliphatic carbocycles. The molecular weight excluding hydrogens is 304 g/mol. The summed E-state index contributed by atoms with van der Waals surface area (Å²) in [6.45, 7) is 1.96. The van der Waals surface area contributed by atoms with Crippen molar-refractivity contribution in [3.05, 3.63) is 0 Å².